The van der Waals surface area contributed by atoms with Gasteiger partial charge in [-0.1, -0.05) is 17.7 Å². The number of hydrogen-bond acceptors (Lipinski definition) is 3. The van der Waals surface area contributed by atoms with E-state index in [4.69, 9.17) is 17.3 Å². The number of nitrogens with two attached hydrogens (primary N) is 1. The molecule has 0 aliphatic heterocycles. The Bertz CT molecular complexity index is 528. The SMILES string of the molecule is Cc1nc(CC(N)c2c(F)cccc2Cl)sc1C. The molecule has 0 amide bonds. The van der Waals surface area contributed by atoms with Crippen LogP contribution in [0.3, 0.4) is 0 Å². The summed E-state index contributed by atoms with van der Waals surface area (Å²) in [4.78, 5) is 5.57. The molecule has 0 saturated carbocycles. The highest BCUT2D eigenvalue weighted by atomic mass is 35.5. The molecule has 0 aliphatic carbocycles. The van der Waals surface area contributed by atoms with Gasteiger partial charge in [-0.05, 0) is 26.0 Å². The molecule has 2 nitrogen and oxygen atoms in total. The van der Waals surface area contributed by atoms with Gasteiger partial charge in [-0.25, -0.2) is 9.37 Å². The van der Waals surface area contributed by atoms with Gasteiger partial charge in [0.25, 0.3) is 0 Å². The Morgan fingerprint density at radius 2 is 2.17 bits per heavy atom. The van der Waals surface area contributed by atoms with E-state index in [-0.39, 0.29) is 5.82 Å². The van der Waals surface area contributed by atoms with E-state index in [1.807, 2.05) is 13.8 Å². The fraction of sp³-hybridized carbons (Fsp3) is 0.308. The van der Waals surface area contributed by atoms with Crippen molar-refractivity contribution in [2.75, 3.05) is 0 Å². The van der Waals surface area contributed by atoms with Crippen LogP contribution in [0.4, 0.5) is 4.39 Å². The summed E-state index contributed by atoms with van der Waals surface area (Å²) in [6.07, 6.45) is 0.500. The maximum atomic E-state index is 13.7. The van der Waals surface area contributed by atoms with E-state index in [1.165, 1.54) is 6.07 Å². The highest BCUT2D eigenvalue weighted by Crippen LogP contribution is 2.28. The van der Waals surface area contributed by atoms with Crippen LogP contribution in [0.1, 0.15) is 27.2 Å². The first kappa shape index (κ1) is 13.5. The average molecular weight is 285 g/mol. The molecule has 1 aromatic heterocycles. The van der Waals surface area contributed by atoms with E-state index < -0.39 is 6.04 Å². The Balaban J connectivity index is 2.24. The lowest BCUT2D eigenvalue weighted by molar-refractivity contribution is 0.580. The summed E-state index contributed by atoms with van der Waals surface area (Å²) >= 11 is 7.58. The van der Waals surface area contributed by atoms with E-state index >= 15 is 0 Å². The maximum absolute atomic E-state index is 13.7. The molecule has 1 unspecified atom stereocenters. The van der Waals surface area contributed by atoms with Crippen molar-refractivity contribution in [3.63, 3.8) is 0 Å². The van der Waals surface area contributed by atoms with Crippen molar-refractivity contribution in [1.29, 1.82) is 0 Å². The molecule has 0 spiro atoms. The van der Waals surface area contributed by atoms with Gasteiger partial charge in [-0.2, -0.15) is 0 Å². The van der Waals surface area contributed by atoms with Gasteiger partial charge in [-0.3, -0.25) is 0 Å². The third-order valence-electron chi connectivity index (χ3n) is 2.84. The van der Waals surface area contributed by atoms with Crippen LogP contribution in [0.15, 0.2) is 18.2 Å². The second-order valence-corrected chi connectivity index (χ2v) is 5.89. The molecule has 0 fully saturated rings. The van der Waals surface area contributed by atoms with E-state index in [9.17, 15) is 4.39 Å². The number of hydrogen-bond donors (Lipinski definition) is 1. The lowest BCUT2D eigenvalue weighted by Gasteiger charge is -2.13. The highest BCUT2D eigenvalue weighted by molar-refractivity contribution is 7.11. The van der Waals surface area contributed by atoms with E-state index in [1.54, 1.807) is 23.5 Å². The number of aryl methyl sites for hydroxylation is 2. The minimum absolute atomic E-state index is 0.361. The van der Waals surface area contributed by atoms with Crippen molar-refractivity contribution in [3.05, 3.63) is 50.2 Å². The predicted molar refractivity (Wildman–Crippen MR) is 73.6 cm³/mol. The Morgan fingerprint density at radius 1 is 1.44 bits per heavy atom. The molecular formula is C13H14ClFN2S. The maximum Gasteiger partial charge on any atom is 0.129 e. The molecule has 1 atom stereocenters. The largest absolute Gasteiger partial charge is 0.323 e. The Morgan fingerprint density at radius 3 is 2.72 bits per heavy atom. The second-order valence-electron chi connectivity index (χ2n) is 4.20. The van der Waals surface area contributed by atoms with Crippen LogP contribution < -0.4 is 5.73 Å². The summed E-state index contributed by atoms with van der Waals surface area (Å²) in [6.45, 7) is 3.97. The summed E-state index contributed by atoms with van der Waals surface area (Å²) < 4.78 is 13.7. The van der Waals surface area contributed by atoms with E-state index in [0.29, 0.717) is 17.0 Å². The summed E-state index contributed by atoms with van der Waals surface area (Å²) in [5, 5.41) is 1.28. The lowest BCUT2D eigenvalue weighted by atomic mass is 10.0. The molecule has 2 rings (SSSR count). The van der Waals surface area contributed by atoms with E-state index in [2.05, 4.69) is 4.98 Å². The fourth-order valence-electron chi connectivity index (χ4n) is 1.78. The average Bonchev–Trinajstić information content (AvgIpc) is 2.57. The zero-order chi connectivity index (χ0) is 13.3. The molecule has 1 heterocycles. The van der Waals surface area contributed by atoms with Gasteiger partial charge < -0.3 is 5.73 Å². The third kappa shape index (κ3) is 2.71. The van der Waals surface area contributed by atoms with Gasteiger partial charge >= 0.3 is 0 Å². The van der Waals surface area contributed by atoms with Gasteiger partial charge in [0.2, 0.25) is 0 Å². The molecule has 0 aliphatic rings. The molecule has 0 radical (unpaired) electrons. The van der Waals surface area contributed by atoms with Gasteiger partial charge in [0, 0.05) is 27.9 Å². The summed E-state index contributed by atoms with van der Waals surface area (Å²) in [5.74, 6) is -0.361. The van der Waals surface area contributed by atoms with Crippen molar-refractivity contribution in [1.82, 2.24) is 4.98 Å². The molecule has 1 aromatic carbocycles. The number of aromatic nitrogens is 1. The predicted octanol–water partition coefficient (Wildman–Crippen LogP) is 3.79. The number of thiazole rings is 1. The van der Waals surface area contributed by atoms with E-state index in [0.717, 1.165) is 15.6 Å². The minimum atomic E-state index is -0.469. The Labute approximate surface area is 115 Å². The number of halogens is 2. The zero-order valence-electron chi connectivity index (χ0n) is 10.2. The lowest BCUT2D eigenvalue weighted by Crippen LogP contribution is -2.15. The van der Waals surface area contributed by atoms with Crippen molar-refractivity contribution in [2.24, 2.45) is 5.73 Å². The number of rotatable bonds is 3. The molecule has 0 bridgehead atoms. The van der Waals surface area contributed by atoms with Crippen molar-refractivity contribution < 1.29 is 4.39 Å². The van der Waals surface area contributed by atoms with Crippen molar-refractivity contribution in [3.8, 4) is 0 Å². The quantitative estimate of drug-likeness (QED) is 0.931. The fourth-order valence-corrected chi connectivity index (χ4v) is 3.08. The topological polar surface area (TPSA) is 38.9 Å². The Kier molecular flexibility index (Phi) is 4.00. The van der Waals surface area contributed by atoms with Crippen LogP contribution in [0.5, 0.6) is 0 Å². The second kappa shape index (κ2) is 5.34. The third-order valence-corrected chi connectivity index (χ3v) is 4.26. The first-order chi connectivity index (χ1) is 8.49. The number of benzene rings is 1. The zero-order valence-corrected chi connectivity index (χ0v) is 11.8. The molecular weight excluding hydrogens is 271 g/mol. The normalized spacial score (nSPS) is 12.7. The van der Waals surface area contributed by atoms with Crippen LogP contribution in [-0.2, 0) is 6.42 Å². The first-order valence-electron chi connectivity index (χ1n) is 5.61. The summed E-state index contributed by atoms with van der Waals surface area (Å²) in [6, 6.07) is 4.13. The molecule has 0 saturated heterocycles. The Hall–Kier alpha value is -0.970. The van der Waals surface area contributed by atoms with Gasteiger partial charge in [0.05, 0.1) is 10.7 Å². The molecule has 2 N–H and O–H groups in total. The smallest absolute Gasteiger partial charge is 0.129 e. The monoisotopic (exact) mass is 284 g/mol. The molecule has 5 heteroatoms. The summed E-state index contributed by atoms with van der Waals surface area (Å²) in [5.41, 5.74) is 7.40. The van der Waals surface area contributed by atoms with Crippen LogP contribution in [-0.4, -0.2) is 4.98 Å². The number of nitrogens with zero attached hydrogens (tertiary/aromatic N) is 1. The molecule has 2 aromatic rings. The van der Waals surface area contributed by atoms with Gasteiger partial charge in [0.15, 0.2) is 0 Å². The summed E-state index contributed by atoms with van der Waals surface area (Å²) in [7, 11) is 0. The molecule has 96 valence electrons. The van der Waals surface area contributed by atoms with Gasteiger partial charge in [-0.15, -0.1) is 11.3 Å². The van der Waals surface area contributed by atoms with Crippen molar-refractivity contribution >= 4 is 22.9 Å². The standard InChI is InChI=1S/C13H14ClFN2S/c1-7-8(2)18-12(17-7)6-11(16)13-9(14)4-3-5-10(13)15/h3-5,11H,6,16H2,1-2H3. The van der Waals surface area contributed by atoms with Gasteiger partial charge in [0.1, 0.15) is 5.82 Å². The first-order valence-corrected chi connectivity index (χ1v) is 6.81. The molecule has 18 heavy (non-hydrogen) atoms. The van der Waals surface area contributed by atoms with Crippen LogP contribution in [0.2, 0.25) is 5.02 Å². The van der Waals surface area contributed by atoms with Crippen molar-refractivity contribution in [2.45, 2.75) is 26.3 Å². The highest BCUT2D eigenvalue weighted by Gasteiger charge is 2.17. The van der Waals surface area contributed by atoms with Crippen LogP contribution in [0.25, 0.3) is 0 Å². The van der Waals surface area contributed by atoms with Crippen LogP contribution in [0, 0.1) is 19.7 Å². The van der Waals surface area contributed by atoms with Crippen LogP contribution >= 0.6 is 22.9 Å². The minimum Gasteiger partial charge on any atom is -0.323 e.